The smallest absolute Gasteiger partial charge is 0.283 e. The van der Waals surface area contributed by atoms with Crippen LogP contribution in [-0.2, 0) is 6.54 Å². The fourth-order valence-corrected chi connectivity index (χ4v) is 3.71. The normalized spacial score (nSPS) is 25.9. The third-order valence-corrected chi connectivity index (χ3v) is 4.90. The molecule has 1 aromatic heterocycles. The summed E-state index contributed by atoms with van der Waals surface area (Å²) in [6.07, 6.45) is 3.95. The van der Waals surface area contributed by atoms with E-state index in [0.29, 0.717) is 23.0 Å². The predicted octanol–water partition coefficient (Wildman–Crippen LogP) is 1.21. The zero-order chi connectivity index (χ0) is 13.4. The van der Waals surface area contributed by atoms with Gasteiger partial charge < -0.3 is 10.2 Å². The molecule has 2 atom stereocenters. The number of halogens is 1. The SMILES string of the molecule is CCCn1ncc(N2CC[C@H]3CNC[C@H]32)c(Br)c1=O. The van der Waals surface area contributed by atoms with Crippen molar-refractivity contribution in [3.63, 3.8) is 0 Å². The van der Waals surface area contributed by atoms with Crippen molar-refractivity contribution < 1.29 is 0 Å². The molecule has 3 rings (SSSR count). The van der Waals surface area contributed by atoms with Crippen molar-refractivity contribution in [2.24, 2.45) is 5.92 Å². The van der Waals surface area contributed by atoms with Gasteiger partial charge in [-0.25, -0.2) is 4.68 Å². The van der Waals surface area contributed by atoms with E-state index in [1.165, 1.54) is 11.1 Å². The highest BCUT2D eigenvalue weighted by Crippen LogP contribution is 2.34. The monoisotopic (exact) mass is 326 g/mol. The van der Waals surface area contributed by atoms with Crippen LogP contribution in [0.5, 0.6) is 0 Å². The summed E-state index contributed by atoms with van der Waals surface area (Å²) in [7, 11) is 0. The Labute approximate surface area is 121 Å². The van der Waals surface area contributed by atoms with Gasteiger partial charge in [-0.3, -0.25) is 4.79 Å². The second-order valence-electron chi connectivity index (χ2n) is 5.34. The lowest BCUT2D eigenvalue weighted by Gasteiger charge is -2.26. The molecule has 0 radical (unpaired) electrons. The second kappa shape index (κ2) is 5.25. The number of hydrogen-bond acceptors (Lipinski definition) is 4. The Morgan fingerprint density at radius 2 is 2.37 bits per heavy atom. The molecular formula is C13H19BrN4O. The van der Waals surface area contributed by atoms with E-state index in [9.17, 15) is 4.79 Å². The molecule has 0 bridgehead atoms. The van der Waals surface area contributed by atoms with Crippen LogP contribution in [0, 0.1) is 5.92 Å². The number of anilines is 1. The van der Waals surface area contributed by atoms with Gasteiger partial charge in [0.1, 0.15) is 4.47 Å². The number of rotatable bonds is 3. The fourth-order valence-electron chi connectivity index (χ4n) is 3.18. The van der Waals surface area contributed by atoms with Gasteiger partial charge in [0.25, 0.3) is 5.56 Å². The highest BCUT2D eigenvalue weighted by molar-refractivity contribution is 9.10. The maximum atomic E-state index is 12.2. The summed E-state index contributed by atoms with van der Waals surface area (Å²) in [5.74, 6) is 0.713. The molecule has 2 aliphatic rings. The molecule has 104 valence electrons. The molecule has 2 aliphatic heterocycles. The topological polar surface area (TPSA) is 50.2 Å². The van der Waals surface area contributed by atoms with E-state index < -0.39 is 0 Å². The maximum absolute atomic E-state index is 12.2. The van der Waals surface area contributed by atoms with Crippen LogP contribution >= 0.6 is 15.9 Å². The molecule has 0 saturated carbocycles. The summed E-state index contributed by atoms with van der Waals surface area (Å²) in [6, 6.07) is 0.513. The number of fused-ring (bicyclic) bond motifs is 1. The lowest BCUT2D eigenvalue weighted by molar-refractivity contribution is 0.558. The maximum Gasteiger partial charge on any atom is 0.283 e. The largest absolute Gasteiger partial charge is 0.365 e. The summed E-state index contributed by atoms with van der Waals surface area (Å²) in [4.78, 5) is 14.6. The quantitative estimate of drug-likeness (QED) is 0.907. The van der Waals surface area contributed by atoms with Crippen LogP contribution in [0.4, 0.5) is 5.69 Å². The van der Waals surface area contributed by atoms with Crippen LogP contribution < -0.4 is 15.8 Å². The molecule has 2 saturated heterocycles. The molecule has 5 nitrogen and oxygen atoms in total. The standard InChI is InChI=1S/C13H19BrN4O/c1-2-4-18-13(19)12(14)11(8-16-18)17-5-3-9-6-15-7-10(9)17/h8-10,15H,2-7H2,1H3/t9-,10+/m0/s1. The molecule has 2 fully saturated rings. The molecule has 3 heterocycles. The number of nitrogens with zero attached hydrogens (tertiary/aromatic N) is 3. The Hall–Kier alpha value is -0.880. The van der Waals surface area contributed by atoms with Gasteiger partial charge >= 0.3 is 0 Å². The lowest BCUT2D eigenvalue weighted by Crippen LogP contribution is -2.36. The molecule has 0 aromatic carbocycles. The van der Waals surface area contributed by atoms with Crippen molar-refractivity contribution in [2.75, 3.05) is 24.5 Å². The molecule has 0 spiro atoms. The Kier molecular flexibility index (Phi) is 3.62. The van der Waals surface area contributed by atoms with Gasteiger partial charge in [0.15, 0.2) is 0 Å². The van der Waals surface area contributed by atoms with Gasteiger partial charge in [-0.2, -0.15) is 5.10 Å². The Morgan fingerprint density at radius 3 is 3.16 bits per heavy atom. The van der Waals surface area contributed by atoms with Gasteiger partial charge in [0.05, 0.1) is 11.9 Å². The van der Waals surface area contributed by atoms with E-state index in [1.807, 2.05) is 13.1 Å². The number of aryl methyl sites for hydroxylation is 1. The van der Waals surface area contributed by atoms with Crippen molar-refractivity contribution in [1.29, 1.82) is 0 Å². The number of aromatic nitrogens is 2. The first-order valence-electron chi connectivity index (χ1n) is 6.95. The van der Waals surface area contributed by atoms with Crippen molar-refractivity contribution in [1.82, 2.24) is 15.1 Å². The summed E-state index contributed by atoms with van der Waals surface area (Å²) >= 11 is 3.47. The first kappa shape index (κ1) is 13.1. The summed E-state index contributed by atoms with van der Waals surface area (Å²) in [5, 5.41) is 7.73. The van der Waals surface area contributed by atoms with E-state index in [1.54, 1.807) is 0 Å². The van der Waals surface area contributed by atoms with Gasteiger partial charge in [-0.05, 0) is 34.7 Å². The molecule has 0 amide bonds. The van der Waals surface area contributed by atoms with Crippen LogP contribution in [0.25, 0.3) is 0 Å². The number of hydrogen-bond donors (Lipinski definition) is 1. The van der Waals surface area contributed by atoms with E-state index in [2.05, 4.69) is 31.2 Å². The van der Waals surface area contributed by atoms with Gasteiger partial charge in [0, 0.05) is 32.2 Å². The molecule has 1 aromatic rings. The third kappa shape index (κ3) is 2.21. The molecule has 0 unspecified atom stereocenters. The van der Waals surface area contributed by atoms with Gasteiger partial charge in [-0.15, -0.1) is 0 Å². The predicted molar refractivity (Wildman–Crippen MR) is 78.6 cm³/mol. The molecular weight excluding hydrogens is 308 g/mol. The zero-order valence-corrected chi connectivity index (χ0v) is 12.7. The summed E-state index contributed by atoms with van der Waals surface area (Å²) in [6.45, 7) is 5.85. The average Bonchev–Trinajstić information content (AvgIpc) is 2.99. The molecule has 0 aliphatic carbocycles. The van der Waals surface area contributed by atoms with Crippen LogP contribution in [0.15, 0.2) is 15.5 Å². The second-order valence-corrected chi connectivity index (χ2v) is 6.13. The highest BCUT2D eigenvalue weighted by Gasteiger charge is 2.38. The molecule has 19 heavy (non-hydrogen) atoms. The molecule has 6 heteroatoms. The van der Waals surface area contributed by atoms with E-state index in [-0.39, 0.29) is 5.56 Å². The summed E-state index contributed by atoms with van der Waals surface area (Å²) < 4.78 is 2.19. The van der Waals surface area contributed by atoms with E-state index in [0.717, 1.165) is 31.7 Å². The van der Waals surface area contributed by atoms with E-state index in [4.69, 9.17) is 0 Å². The van der Waals surface area contributed by atoms with Crippen molar-refractivity contribution in [2.45, 2.75) is 32.4 Å². The summed E-state index contributed by atoms with van der Waals surface area (Å²) in [5.41, 5.74) is 0.933. The van der Waals surface area contributed by atoms with Crippen molar-refractivity contribution >= 4 is 21.6 Å². The Balaban J connectivity index is 1.93. The first-order valence-corrected chi connectivity index (χ1v) is 7.74. The van der Waals surface area contributed by atoms with Crippen LogP contribution in [-0.4, -0.2) is 35.5 Å². The minimum Gasteiger partial charge on any atom is -0.365 e. The minimum absolute atomic E-state index is 0.0197. The number of nitrogens with one attached hydrogen (secondary N) is 1. The van der Waals surface area contributed by atoms with Crippen molar-refractivity contribution in [3.8, 4) is 0 Å². The van der Waals surface area contributed by atoms with E-state index >= 15 is 0 Å². The van der Waals surface area contributed by atoms with Crippen LogP contribution in [0.2, 0.25) is 0 Å². The minimum atomic E-state index is -0.0197. The lowest BCUT2D eigenvalue weighted by atomic mass is 10.1. The van der Waals surface area contributed by atoms with Crippen LogP contribution in [0.3, 0.4) is 0 Å². The average molecular weight is 327 g/mol. The van der Waals surface area contributed by atoms with Crippen LogP contribution in [0.1, 0.15) is 19.8 Å². The first-order chi connectivity index (χ1) is 9.22. The Morgan fingerprint density at radius 1 is 1.53 bits per heavy atom. The van der Waals surface area contributed by atoms with Gasteiger partial charge in [-0.1, -0.05) is 6.92 Å². The highest BCUT2D eigenvalue weighted by atomic mass is 79.9. The Bertz CT molecular complexity index is 530. The zero-order valence-electron chi connectivity index (χ0n) is 11.1. The molecule has 1 N–H and O–H groups in total. The third-order valence-electron chi connectivity index (χ3n) is 4.16. The van der Waals surface area contributed by atoms with Crippen molar-refractivity contribution in [3.05, 3.63) is 21.0 Å². The van der Waals surface area contributed by atoms with Gasteiger partial charge in [0.2, 0.25) is 0 Å². The fraction of sp³-hybridized carbons (Fsp3) is 0.692.